The molecule has 0 unspecified atom stereocenters. The van der Waals surface area contributed by atoms with E-state index in [1.165, 1.54) is 0 Å². The molecule has 0 saturated heterocycles. The van der Waals surface area contributed by atoms with E-state index in [9.17, 15) is 4.79 Å². The largest absolute Gasteiger partial charge is 0.325 e. The second-order valence-corrected chi connectivity index (χ2v) is 7.67. The van der Waals surface area contributed by atoms with Gasteiger partial charge in [0.1, 0.15) is 0 Å². The van der Waals surface area contributed by atoms with Crippen molar-refractivity contribution >= 4 is 45.3 Å². The molecule has 0 bridgehead atoms. The summed E-state index contributed by atoms with van der Waals surface area (Å²) in [6.07, 6.45) is 0.978. The quantitative estimate of drug-likeness (QED) is 0.471. The molecule has 4 aromatic rings. The SMILES string of the molecule is O=C(Cc1csc(Cc2cccc(Cl)c2)n1)Nc1cccc2ccccc12. The van der Waals surface area contributed by atoms with E-state index in [0.717, 1.165) is 44.2 Å². The van der Waals surface area contributed by atoms with Crippen LogP contribution in [0.2, 0.25) is 5.02 Å². The number of hydrogen-bond acceptors (Lipinski definition) is 3. The van der Waals surface area contributed by atoms with Crippen LogP contribution in [0.3, 0.4) is 0 Å². The van der Waals surface area contributed by atoms with Crippen molar-refractivity contribution in [1.29, 1.82) is 0 Å². The molecule has 4 rings (SSSR count). The number of amides is 1. The molecule has 134 valence electrons. The van der Waals surface area contributed by atoms with Gasteiger partial charge in [-0.25, -0.2) is 4.98 Å². The van der Waals surface area contributed by atoms with E-state index in [0.29, 0.717) is 0 Å². The zero-order valence-electron chi connectivity index (χ0n) is 14.5. The fourth-order valence-electron chi connectivity index (χ4n) is 3.03. The Balaban J connectivity index is 1.43. The number of fused-ring (bicyclic) bond motifs is 1. The van der Waals surface area contributed by atoms with Gasteiger partial charge in [-0.15, -0.1) is 11.3 Å². The Morgan fingerprint density at radius 3 is 2.74 bits per heavy atom. The minimum Gasteiger partial charge on any atom is -0.325 e. The predicted molar refractivity (Wildman–Crippen MR) is 113 cm³/mol. The van der Waals surface area contributed by atoms with Crippen LogP contribution in [-0.4, -0.2) is 10.9 Å². The second kappa shape index (κ2) is 7.91. The van der Waals surface area contributed by atoms with Crippen LogP contribution in [0, 0.1) is 0 Å². The molecule has 0 aliphatic rings. The van der Waals surface area contributed by atoms with E-state index >= 15 is 0 Å². The third kappa shape index (κ3) is 4.35. The summed E-state index contributed by atoms with van der Waals surface area (Å²) in [5.74, 6) is -0.0639. The molecular formula is C22H17ClN2OS. The van der Waals surface area contributed by atoms with Crippen molar-refractivity contribution in [2.24, 2.45) is 0 Å². The topological polar surface area (TPSA) is 42.0 Å². The summed E-state index contributed by atoms with van der Waals surface area (Å²) in [5, 5.41) is 8.79. The van der Waals surface area contributed by atoms with Crippen LogP contribution in [0.1, 0.15) is 16.3 Å². The average Bonchev–Trinajstić information content (AvgIpc) is 3.08. The van der Waals surface area contributed by atoms with Gasteiger partial charge in [0.15, 0.2) is 0 Å². The predicted octanol–water partition coefficient (Wildman–Crippen LogP) is 5.72. The van der Waals surface area contributed by atoms with Gasteiger partial charge in [-0.2, -0.15) is 0 Å². The molecule has 0 fully saturated rings. The second-order valence-electron chi connectivity index (χ2n) is 6.29. The molecule has 1 heterocycles. The minimum atomic E-state index is -0.0639. The van der Waals surface area contributed by atoms with Gasteiger partial charge in [-0.3, -0.25) is 4.79 Å². The molecule has 27 heavy (non-hydrogen) atoms. The first-order valence-corrected chi connectivity index (χ1v) is 9.88. The fraction of sp³-hybridized carbons (Fsp3) is 0.0909. The molecule has 0 aliphatic heterocycles. The van der Waals surface area contributed by atoms with Crippen molar-refractivity contribution in [3.05, 3.63) is 93.4 Å². The maximum atomic E-state index is 12.5. The van der Waals surface area contributed by atoms with E-state index < -0.39 is 0 Å². The Kier molecular flexibility index (Phi) is 5.19. The van der Waals surface area contributed by atoms with Crippen LogP contribution in [0.15, 0.2) is 72.1 Å². The van der Waals surface area contributed by atoms with Crippen molar-refractivity contribution < 1.29 is 4.79 Å². The molecule has 3 aromatic carbocycles. The lowest BCUT2D eigenvalue weighted by Gasteiger charge is -2.08. The molecule has 0 spiro atoms. The molecule has 5 heteroatoms. The number of carbonyl (C=O) groups is 1. The van der Waals surface area contributed by atoms with Crippen LogP contribution in [0.25, 0.3) is 10.8 Å². The Hall–Kier alpha value is -2.69. The lowest BCUT2D eigenvalue weighted by Crippen LogP contribution is -2.14. The summed E-state index contributed by atoms with van der Waals surface area (Å²) in [6, 6.07) is 21.7. The molecular weight excluding hydrogens is 376 g/mol. The highest BCUT2D eigenvalue weighted by Crippen LogP contribution is 2.23. The van der Waals surface area contributed by atoms with Gasteiger partial charge in [0, 0.05) is 27.9 Å². The molecule has 0 radical (unpaired) electrons. The number of benzene rings is 3. The number of nitrogens with one attached hydrogen (secondary N) is 1. The number of thiazole rings is 1. The van der Waals surface area contributed by atoms with E-state index in [1.54, 1.807) is 11.3 Å². The molecule has 1 aromatic heterocycles. The average molecular weight is 393 g/mol. The van der Waals surface area contributed by atoms with Crippen LogP contribution in [0.4, 0.5) is 5.69 Å². The van der Waals surface area contributed by atoms with Crippen molar-refractivity contribution in [2.45, 2.75) is 12.8 Å². The van der Waals surface area contributed by atoms with Gasteiger partial charge < -0.3 is 5.32 Å². The van der Waals surface area contributed by atoms with E-state index in [2.05, 4.69) is 10.3 Å². The highest BCUT2D eigenvalue weighted by Gasteiger charge is 2.10. The minimum absolute atomic E-state index is 0.0639. The highest BCUT2D eigenvalue weighted by atomic mass is 35.5. The zero-order chi connectivity index (χ0) is 18.6. The van der Waals surface area contributed by atoms with Gasteiger partial charge in [0.25, 0.3) is 0 Å². The fourth-order valence-corrected chi connectivity index (χ4v) is 4.07. The smallest absolute Gasteiger partial charge is 0.230 e. The van der Waals surface area contributed by atoms with E-state index in [4.69, 9.17) is 11.6 Å². The number of rotatable bonds is 5. The maximum Gasteiger partial charge on any atom is 0.230 e. The normalized spacial score (nSPS) is 10.9. The van der Waals surface area contributed by atoms with Crippen molar-refractivity contribution in [3.8, 4) is 0 Å². The number of nitrogens with zero attached hydrogens (tertiary/aromatic N) is 1. The molecule has 0 aliphatic carbocycles. The summed E-state index contributed by atoms with van der Waals surface area (Å²) < 4.78 is 0. The first kappa shape index (κ1) is 17.7. The first-order valence-electron chi connectivity index (χ1n) is 8.63. The Morgan fingerprint density at radius 2 is 1.85 bits per heavy atom. The van der Waals surface area contributed by atoms with Gasteiger partial charge in [-0.1, -0.05) is 60.1 Å². The van der Waals surface area contributed by atoms with Crippen LogP contribution < -0.4 is 5.32 Å². The zero-order valence-corrected chi connectivity index (χ0v) is 16.1. The van der Waals surface area contributed by atoms with E-state index in [-0.39, 0.29) is 12.3 Å². The van der Waals surface area contributed by atoms with Crippen LogP contribution >= 0.6 is 22.9 Å². The number of hydrogen-bond donors (Lipinski definition) is 1. The summed E-state index contributed by atoms with van der Waals surface area (Å²) in [5.41, 5.74) is 2.73. The van der Waals surface area contributed by atoms with Crippen LogP contribution in [-0.2, 0) is 17.6 Å². The Labute approximate surface area is 166 Å². The summed E-state index contributed by atoms with van der Waals surface area (Å²) in [6.45, 7) is 0. The first-order chi connectivity index (χ1) is 13.2. The molecule has 0 atom stereocenters. The third-order valence-electron chi connectivity index (χ3n) is 4.25. The van der Waals surface area contributed by atoms with Gasteiger partial charge >= 0.3 is 0 Å². The highest BCUT2D eigenvalue weighted by molar-refractivity contribution is 7.09. The number of carbonyl (C=O) groups excluding carboxylic acids is 1. The van der Waals surface area contributed by atoms with Crippen molar-refractivity contribution in [2.75, 3.05) is 5.32 Å². The lowest BCUT2D eigenvalue weighted by molar-refractivity contribution is -0.115. The number of halogens is 1. The number of aromatic nitrogens is 1. The molecule has 1 N–H and O–H groups in total. The van der Waals surface area contributed by atoms with Gasteiger partial charge in [0.05, 0.1) is 17.1 Å². The summed E-state index contributed by atoms with van der Waals surface area (Å²) >= 11 is 7.60. The van der Waals surface area contributed by atoms with E-state index in [1.807, 2.05) is 72.1 Å². The lowest BCUT2D eigenvalue weighted by atomic mass is 10.1. The Bertz CT molecular complexity index is 1100. The Morgan fingerprint density at radius 1 is 1.04 bits per heavy atom. The van der Waals surface area contributed by atoms with Crippen molar-refractivity contribution in [1.82, 2.24) is 4.98 Å². The van der Waals surface area contributed by atoms with Crippen LogP contribution in [0.5, 0.6) is 0 Å². The van der Waals surface area contributed by atoms with Crippen molar-refractivity contribution in [3.63, 3.8) is 0 Å². The van der Waals surface area contributed by atoms with Gasteiger partial charge in [-0.05, 0) is 29.1 Å². The summed E-state index contributed by atoms with van der Waals surface area (Å²) in [4.78, 5) is 17.1. The maximum absolute atomic E-state index is 12.5. The standard InChI is InChI=1S/C22H17ClN2OS/c23-17-8-3-5-15(11-17)12-22-24-18(14-27-22)13-21(26)25-20-10-4-7-16-6-1-2-9-19(16)20/h1-11,14H,12-13H2,(H,25,26). The third-order valence-corrected chi connectivity index (χ3v) is 5.38. The monoisotopic (exact) mass is 392 g/mol. The van der Waals surface area contributed by atoms with Gasteiger partial charge in [0.2, 0.25) is 5.91 Å². The molecule has 3 nitrogen and oxygen atoms in total. The molecule has 1 amide bonds. The number of anilines is 1. The molecule has 0 saturated carbocycles. The summed E-state index contributed by atoms with van der Waals surface area (Å²) in [7, 11) is 0.